The summed E-state index contributed by atoms with van der Waals surface area (Å²) in [5.41, 5.74) is 0.759. The Morgan fingerprint density at radius 3 is 2.85 bits per heavy atom. The highest BCUT2D eigenvalue weighted by atomic mass is 32.1. The minimum atomic E-state index is -0.241. The van der Waals surface area contributed by atoms with Crippen molar-refractivity contribution >= 4 is 17.2 Å². The second-order valence-corrected chi connectivity index (χ2v) is 7.84. The van der Waals surface area contributed by atoms with E-state index in [1.807, 2.05) is 30.3 Å². The Balaban J connectivity index is 1.41. The van der Waals surface area contributed by atoms with Crippen molar-refractivity contribution in [1.82, 2.24) is 20.0 Å². The molecule has 3 aromatic rings. The topological polar surface area (TPSA) is 70.1 Å². The summed E-state index contributed by atoms with van der Waals surface area (Å²) in [4.78, 5) is 28.5. The van der Waals surface area contributed by atoms with Crippen LogP contribution >= 0.6 is 11.3 Å². The number of hydrogen-bond acceptors (Lipinski definition) is 4. The summed E-state index contributed by atoms with van der Waals surface area (Å²) in [5.74, 6) is -0.232. The molecular weight excluding hydrogens is 360 g/mol. The molecule has 0 bridgehead atoms. The molecule has 2 aromatic heterocycles. The Morgan fingerprint density at radius 2 is 2.07 bits per heavy atom. The zero-order valence-electron chi connectivity index (χ0n) is 14.9. The van der Waals surface area contributed by atoms with Gasteiger partial charge in [-0.1, -0.05) is 24.3 Å². The summed E-state index contributed by atoms with van der Waals surface area (Å²) in [5, 5.41) is 8.08. The molecule has 3 heterocycles. The fourth-order valence-electron chi connectivity index (χ4n) is 3.48. The predicted octanol–water partition coefficient (Wildman–Crippen LogP) is 2.62. The van der Waals surface area contributed by atoms with Gasteiger partial charge >= 0.3 is 0 Å². The zero-order chi connectivity index (χ0) is 18.6. The van der Waals surface area contributed by atoms with Gasteiger partial charge in [-0.15, -0.1) is 11.3 Å². The molecule has 1 amide bonds. The highest BCUT2D eigenvalue weighted by molar-refractivity contribution is 7.09. The van der Waals surface area contributed by atoms with E-state index in [0.29, 0.717) is 11.4 Å². The number of nitrogens with zero attached hydrogens (tertiary/aromatic N) is 2. The van der Waals surface area contributed by atoms with Crippen LogP contribution in [0, 0.1) is 0 Å². The number of para-hydroxylation sites is 1. The monoisotopic (exact) mass is 382 g/mol. The number of hydrogen-bond donors (Lipinski definition) is 2. The Bertz CT molecular complexity index is 946. The number of benzene rings is 1. The first-order chi connectivity index (χ1) is 13.2. The van der Waals surface area contributed by atoms with Gasteiger partial charge in [0.1, 0.15) is 5.69 Å². The van der Waals surface area contributed by atoms with Gasteiger partial charge in [-0.2, -0.15) is 0 Å². The molecule has 1 aromatic carbocycles. The zero-order valence-corrected chi connectivity index (χ0v) is 15.7. The highest BCUT2D eigenvalue weighted by Gasteiger charge is 2.23. The van der Waals surface area contributed by atoms with Crippen molar-refractivity contribution in [2.24, 2.45) is 0 Å². The quantitative estimate of drug-likeness (QED) is 0.713. The largest absolute Gasteiger partial charge is 0.347 e. The van der Waals surface area contributed by atoms with Gasteiger partial charge in [0.05, 0.1) is 5.69 Å². The molecule has 1 saturated heterocycles. The lowest BCUT2D eigenvalue weighted by atomic mass is 10.1. The van der Waals surface area contributed by atoms with Crippen molar-refractivity contribution in [1.29, 1.82) is 0 Å². The number of rotatable bonds is 5. The lowest BCUT2D eigenvalue weighted by Crippen LogP contribution is -2.47. The summed E-state index contributed by atoms with van der Waals surface area (Å²) >= 11 is 1.76. The van der Waals surface area contributed by atoms with E-state index in [-0.39, 0.29) is 17.5 Å². The molecule has 0 aliphatic carbocycles. The van der Waals surface area contributed by atoms with Gasteiger partial charge in [-0.05, 0) is 43.0 Å². The summed E-state index contributed by atoms with van der Waals surface area (Å²) in [6.45, 7) is 2.80. The number of carbonyl (C=O) groups excluding carboxylic acids is 1. The van der Waals surface area contributed by atoms with E-state index in [0.717, 1.165) is 32.5 Å². The van der Waals surface area contributed by atoms with Crippen LogP contribution in [0.1, 0.15) is 28.2 Å². The van der Waals surface area contributed by atoms with E-state index in [2.05, 4.69) is 32.8 Å². The number of aromatic amines is 1. The molecule has 1 atom stereocenters. The minimum Gasteiger partial charge on any atom is -0.347 e. The van der Waals surface area contributed by atoms with Gasteiger partial charge < -0.3 is 5.32 Å². The SMILES string of the molecule is O=C(NC1CCCN(Cc2cccs2)C1)c1cc(=O)n(-c2ccccc2)[nH]1. The normalized spacial score (nSPS) is 17.7. The number of thiophene rings is 1. The van der Waals surface area contributed by atoms with Gasteiger partial charge in [0.25, 0.3) is 11.5 Å². The van der Waals surface area contributed by atoms with Crippen molar-refractivity contribution in [3.05, 3.63) is 74.8 Å². The molecule has 6 nitrogen and oxygen atoms in total. The summed E-state index contributed by atoms with van der Waals surface area (Å²) < 4.78 is 1.39. The number of likely N-dealkylation sites (tertiary alicyclic amines) is 1. The number of amides is 1. The third kappa shape index (κ3) is 4.20. The molecule has 1 fully saturated rings. The van der Waals surface area contributed by atoms with Crippen LogP contribution in [-0.4, -0.2) is 39.7 Å². The maximum absolute atomic E-state index is 12.6. The van der Waals surface area contributed by atoms with Crippen molar-refractivity contribution < 1.29 is 4.79 Å². The van der Waals surface area contributed by atoms with Crippen LogP contribution in [-0.2, 0) is 6.54 Å². The molecule has 1 aliphatic heterocycles. The highest BCUT2D eigenvalue weighted by Crippen LogP contribution is 2.17. The van der Waals surface area contributed by atoms with Crippen LogP contribution in [0.4, 0.5) is 0 Å². The number of piperidine rings is 1. The summed E-state index contributed by atoms with van der Waals surface area (Å²) in [6.07, 6.45) is 2.01. The molecule has 1 aliphatic rings. The molecule has 0 spiro atoms. The first kappa shape index (κ1) is 17.8. The van der Waals surface area contributed by atoms with Gasteiger partial charge in [-0.3, -0.25) is 19.6 Å². The van der Waals surface area contributed by atoms with Crippen LogP contribution in [0.3, 0.4) is 0 Å². The maximum Gasteiger partial charge on any atom is 0.271 e. The van der Waals surface area contributed by atoms with E-state index in [9.17, 15) is 9.59 Å². The Morgan fingerprint density at radius 1 is 1.22 bits per heavy atom. The van der Waals surface area contributed by atoms with Crippen LogP contribution in [0.25, 0.3) is 5.69 Å². The fourth-order valence-corrected chi connectivity index (χ4v) is 4.23. The van der Waals surface area contributed by atoms with E-state index in [1.54, 1.807) is 11.3 Å². The van der Waals surface area contributed by atoms with Gasteiger partial charge in [0, 0.05) is 30.1 Å². The van der Waals surface area contributed by atoms with Crippen LogP contribution in [0.5, 0.6) is 0 Å². The third-order valence-corrected chi connectivity index (χ3v) is 5.64. The van der Waals surface area contributed by atoms with Gasteiger partial charge in [-0.25, -0.2) is 4.68 Å². The minimum absolute atomic E-state index is 0.0924. The molecular formula is C20H22N4O2S. The Labute approximate surface area is 161 Å². The number of carbonyl (C=O) groups is 1. The van der Waals surface area contributed by atoms with Crippen molar-refractivity contribution in [2.45, 2.75) is 25.4 Å². The van der Waals surface area contributed by atoms with E-state index >= 15 is 0 Å². The van der Waals surface area contributed by atoms with Crippen LogP contribution < -0.4 is 10.9 Å². The lowest BCUT2D eigenvalue weighted by Gasteiger charge is -2.32. The second-order valence-electron chi connectivity index (χ2n) is 6.81. The third-order valence-electron chi connectivity index (χ3n) is 4.78. The molecule has 0 radical (unpaired) electrons. The van der Waals surface area contributed by atoms with E-state index in [1.165, 1.54) is 15.6 Å². The maximum atomic E-state index is 12.6. The first-order valence-electron chi connectivity index (χ1n) is 9.12. The molecule has 27 heavy (non-hydrogen) atoms. The second kappa shape index (κ2) is 7.94. The standard InChI is InChI=1S/C20H22N4O2S/c25-19-12-18(22-24(19)16-7-2-1-3-8-16)20(26)21-15-6-4-10-23(13-15)14-17-9-5-11-27-17/h1-3,5,7-9,11-12,15,22H,4,6,10,13-14H2,(H,21,26). The van der Waals surface area contributed by atoms with Crippen molar-refractivity contribution in [2.75, 3.05) is 13.1 Å². The number of H-pyrrole nitrogens is 1. The molecule has 2 N–H and O–H groups in total. The van der Waals surface area contributed by atoms with Gasteiger partial charge in [0.2, 0.25) is 0 Å². The number of aromatic nitrogens is 2. The summed E-state index contributed by atoms with van der Waals surface area (Å²) in [6, 6.07) is 14.9. The van der Waals surface area contributed by atoms with E-state index < -0.39 is 0 Å². The average Bonchev–Trinajstić information content (AvgIpc) is 3.32. The Hall–Kier alpha value is -2.64. The molecule has 140 valence electrons. The molecule has 1 unspecified atom stereocenters. The van der Waals surface area contributed by atoms with Crippen molar-refractivity contribution in [3.8, 4) is 5.69 Å². The van der Waals surface area contributed by atoms with E-state index in [4.69, 9.17) is 0 Å². The first-order valence-corrected chi connectivity index (χ1v) is 10.00. The molecule has 4 rings (SSSR count). The lowest BCUT2D eigenvalue weighted by molar-refractivity contribution is 0.0895. The molecule has 0 saturated carbocycles. The van der Waals surface area contributed by atoms with Crippen LogP contribution in [0.15, 0.2) is 58.7 Å². The van der Waals surface area contributed by atoms with Crippen LogP contribution in [0.2, 0.25) is 0 Å². The predicted molar refractivity (Wildman–Crippen MR) is 106 cm³/mol. The number of nitrogens with one attached hydrogen (secondary N) is 2. The molecule has 7 heteroatoms. The summed E-state index contributed by atoms with van der Waals surface area (Å²) in [7, 11) is 0. The average molecular weight is 382 g/mol. The van der Waals surface area contributed by atoms with Gasteiger partial charge in [0.15, 0.2) is 0 Å². The fraction of sp³-hybridized carbons (Fsp3) is 0.300. The van der Waals surface area contributed by atoms with Crippen molar-refractivity contribution in [3.63, 3.8) is 0 Å². The Kier molecular flexibility index (Phi) is 5.22. The smallest absolute Gasteiger partial charge is 0.271 e.